The summed E-state index contributed by atoms with van der Waals surface area (Å²) in [5.41, 5.74) is 2.89. The number of ether oxygens (including phenoxy) is 1. The highest BCUT2D eigenvalue weighted by atomic mass is 19.4. The first-order valence-electron chi connectivity index (χ1n) is 8.17. The second-order valence-corrected chi connectivity index (χ2v) is 5.92. The zero-order chi connectivity index (χ0) is 19.0. The Balaban J connectivity index is 1.99. The Morgan fingerprint density at radius 3 is 2.38 bits per heavy atom. The number of aryl methyl sites for hydroxylation is 1. The Kier molecular flexibility index (Phi) is 6.89. The number of hydrogen-bond acceptors (Lipinski definition) is 3. The largest absolute Gasteiger partial charge is 0.440 e. The molecule has 7 heteroatoms. The van der Waals surface area contributed by atoms with Gasteiger partial charge in [0.1, 0.15) is 0 Å². The number of rotatable bonds is 7. The van der Waals surface area contributed by atoms with Gasteiger partial charge in [-0.2, -0.15) is 13.2 Å². The molecule has 0 aromatic heterocycles. The van der Waals surface area contributed by atoms with Crippen molar-refractivity contribution in [3.05, 3.63) is 65.7 Å². The first kappa shape index (κ1) is 19.6. The zero-order valence-electron chi connectivity index (χ0n) is 14.3. The highest BCUT2D eigenvalue weighted by molar-refractivity contribution is 5.67. The summed E-state index contributed by atoms with van der Waals surface area (Å²) in [5.74, 6) is 0. The number of hydrogen-bond donors (Lipinski definition) is 2. The predicted octanol–water partition coefficient (Wildman–Crippen LogP) is 4.31. The Morgan fingerprint density at radius 1 is 1.08 bits per heavy atom. The number of benzene rings is 2. The van der Waals surface area contributed by atoms with E-state index in [2.05, 4.69) is 15.4 Å². The lowest BCUT2D eigenvalue weighted by atomic mass is 10.1. The van der Waals surface area contributed by atoms with E-state index in [1.165, 1.54) is 0 Å². The van der Waals surface area contributed by atoms with Crippen LogP contribution in [0.2, 0.25) is 0 Å². The number of para-hydroxylation sites is 1. The minimum Gasteiger partial charge on any atom is -0.440 e. The number of carbonyl (C=O) groups excluding carboxylic acids is 1. The molecule has 0 aliphatic heterocycles. The van der Waals surface area contributed by atoms with Crippen LogP contribution in [0.5, 0.6) is 0 Å². The highest BCUT2D eigenvalue weighted by Crippen LogP contribution is 2.15. The van der Waals surface area contributed by atoms with Crippen LogP contribution in [-0.4, -0.2) is 31.5 Å². The van der Waals surface area contributed by atoms with Crippen molar-refractivity contribution in [3.8, 4) is 0 Å². The minimum absolute atomic E-state index is 0.348. The maximum atomic E-state index is 12.2. The Bertz CT molecular complexity index is 705. The Labute approximate surface area is 150 Å². The molecule has 0 radical (unpaired) electrons. The molecule has 140 valence electrons. The smallest absolute Gasteiger partial charge is 0.422 e. The third kappa shape index (κ3) is 7.04. The summed E-state index contributed by atoms with van der Waals surface area (Å²) in [4.78, 5) is 11.7. The summed E-state index contributed by atoms with van der Waals surface area (Å²) in [5, 5.41) is 5.72. The van der Waals surface area contributed by atoms with Crippen molar-refractivity contribution in [2.75, 3.05) is 18.5 Å². The number of alkyl halides is 3. The maximum Gasteiger partial charge on any atom is 0.422 e. The molecule has 1 atom stereocenters. The minimum atomic E-state index is -4.55. The van der Waals surface area contributed by atoms with Gasteiger partial charge >= 0.3 is 12.3 Å². The van der Waals surface area contributed by atoms with Crippen LogP contribution in [0.4, 0.5) is 23.7 Å². The fraction of sp³-hybridized carbons (Fsp3) is 0.316. The van der Waals surface area contributed by atoms with Crippen molar-refractivity contribution < 1.29 is 22.7 Å². The van der Waals surface area contributed by atoms with Gasteiger partial charge in [0.15, 0.2) is 6.61 Å². The number of halogens is 3. The molecule has 2 aromatic carbocycles. The summed E-state index contributed by atoms with van der Waals surface area (Å²) in [6.45, 7) is 0.683. The van der Waals surface area contributed by atoms with Crippen LogP contribution in [0.3, 0.4) is 0 Å². The molecule has 2 N–H and O–H groups in total. The quantitative estimate of drug-likeness (QED) is 0.768. The van der Waals surface area contributed by atoms with E-state index in [1.54, 1.807) is 0 Å². The molecule has 1 unspecified atom stereocenters. The molecule has 4 nitrogen and oxygen atoms in total. The van der Waals surface area contributed by atoms with E-state index in [4.69, 9.17) is 0 Å². The van der Waals surface area contributed by atoms with Crippen LogP contribution >= 0.6 is 0 Å². The topological polar surface area (TPSA) is 50.4 Å². The summed E-state index contributed by atoms with van der Waals surface area (Å²) in [6.07, 6.45) is -5.18. The van der Waals surface area contributed by atoms with Gasteiger partial charge in [0.05, 0.1) is 6.04 Å². The average molecular weight is 366 g/mol. The monoisotopic (exact) mass is 366 g/mol. The number of alkyl carbamates (subject to hydrolysis) is 1. The maximum absolute atomic E-state index is 12.2. The predicted molar refractivity (Wildman–Crippen MR) is 94.1 cm³/mol. The summed E-state index contributed by atoms with van der Waals surface area (Å²) >= 11 is 0. The van der Waals surface area contributed by atoms with Gasteiger partial charge in [0, 0.05) is 12.2 Å². The van der Waals surface area contributed by atoms with Crippen LogP contribution in [0.1, 0.15) is 11.1 Å². The van der Waals surface area contributed by atoms with E-state index in [1.807, 2.05) is 61.5 Å². The Hall–Kier alpha value is -2.70. The van der Waals surface area contributed by atoms with E-state index in [0.717, 1.165) is 16.8 Å². The van der Waals surface area contributed by atoms with E-state index in [0.29, 0.717) is 13.0 Å². The van der Waals surface area contributed by atoms with Crippen LogP contribution in [-0.2, 0) is 11.2 Å². The van der Waals surface area contributed by atoms with Gasteiger partial charge in [0.25, 0.3) is 0 Å². The first-order valence-corrected chi connectivity index (χ1v) is 8.17. The van der Waals surface area contributed by atoms with Gasteiger partial charge in [-0.25, -0.2) is 4.79 Å². The Morgan fingerprint density at radius 2 is 1.73 bits per heavy atom. The molecule has 2 rings (SSSR count). The molecule has 0 saturated heterocycles. The van der Waals surface area contributed by atoms with Crippen molar-refractivity contribution in [1.82, 2.24) is 5.32 Å². The molecular weight excluding hydrogens is 345 g/mol. The van der Waals surface area contributed by atoms with Crippen molar-refractivity contribution in [3.63, 3.8) is 0 Å². The van der Waals surface area contributed by atoms with Crippen LogP contribution in [0.25, 0.3) is 0 Å². The van der Waals surface area contributed by atoms with E-state index < -0.39 is 24.9 Å². The molecule has 0 fully saturated rings. The molecule has 0 aliphatic rings. The van der Waals surface area contributed by atoms with Crippen molar-refractivity contribution in [2.24, 2.45) is 0 Å². The van der Waals surface area contributed by atoms with E-state index in [-0.39, 0.29) is 0 Å². The molecule has 2 aromatic rings. The van der Waals surface area contributed by atoms with Gasteiger partial charge in [-0.05, 0) is 30.5 Å². The molecule has 0 saturated carbocycles. The van der Waals surface area contributed by atoms with Crippen LogP contribution < -0.4 is 10.6 Å². The molecule has 1 amide bonds. The van der Waals surface area contributed by atoms with Gasteiger partial charge in [-0.1, -0.05) is 48.5 Å². The molecule has 0 aliphatic carbocycles. The second-order valence-electron chi connectivity index (χ2n) is 5.92. The summed E-state index contributed by atoms with van der Waals surface area (Å²) in [6, 6.07) is 16.6. The summed E-state index contributed by atoms with van der Waals surface area (Å²) < 4.78 is 40.8. The van der Waals surface area contributed by atoms with Gasteiger partial charge < -0.3 is 15.4 Å². The second kappa shape index (κ2) is 9.12. The average Bonchev–Trinajstić information content (AvgIpc) is 2.59. The van der Waals surface area contributed by atoms with Crippen molar-refractivity contribution in [2.45, 2.75) is 25.6 Å². The molecule has 0 bridgehead atoms. The number of nitrogens with one attached hydrogen (secondary N) is 2. The lowest BCUT2D eigenvalue weighted by Gasteiger charge is -2.21. The molecule has 0 heterocycles. The van der Waals surface area contributed by atoms with E-state index in [9.17, 15) is 18.0 Å². The standard InChI is InChI=1S/C19H21F3N2O2/c1-14-7-5-6-10-17(14)23-12-16(11-15-8-3-2-4-9-15)24-18(25)26-13-19(20,21)22/h2-10,16,23H,11-13H2,1H3,(H,24,25). The molecule has 0 spiro atoms. The van der Waals surface area contributed by atoms with Gasteiger partial charge in [-0.3, -0.25) is 0 Å². The third-order valence-electron chi connectivity index (χ3n) is 3.70. The highest BCUT2D eigenvalue weighted by Gasteiger charge is 2.30. The van der Waals surface area contributed by atoms with Crippen molar-refractivity contribution in [1.29, 1.82) is 0 Å². The third-order valence-corrected chi connectivity index (χ3v) is 3.70. The number of amides is 1. The lowest BCUT2D eigenvalue weighted by molar-refractivity contribution is -0.160. The normalized spacial score (nSPS) is 12.3. The summed E-state index contributed by atoms with van der Waals surface area (Å²) in [7, 11) is 0. The number of anilines is 1. The van der Waals surface area contributed by atoms with Gasteiger partial charge in [-0.15, -0.1) is 0 Å². The molecular formula is C19H21F3N2O2. The lowest BCUT2D eigenvalue weighted by Crippen LogP contribution is -2.42. The fourth-order valence-electron chi connectivity index (χ4n) is 2.43. The molecule has 26 heavy (non-hydrogen) atoms. The SMILES string of the molecule is Cc1ccccc1NCC(Cc1ccccc1)NC(=O)OCC(F)(F)F. The van der Waals surface area contributed by atoms with Gasteiger partial charge in [0.2, 0.25) is 0 Å². The van der Waals surface area contributed by atoms with E-state index >= 15 is 0 Å². The fourth-order valence-corrected chi connectivity index (χ4v) is 2.43. The van der Waals surface area contributed by atoms with Crippen LogP contribution in [0, 0.1) is 6.92 Å². The van der Waals surface area contributed by atoms with Crippen LogP contribution in [0.15, 0.2) is 54.6 Å². The number of carbonyl (C=O) groups is 1. The zero-order valence-corrected chi connectivity index (χ0v) is 14.3. The van der Waals surface area contributed by atoms with Crippen molar-refractivity contribution >= 4 is 11.8 Å². The first-order chi connectivity index (χ1) is 12.3.